The number of carbonyl (C=O) groups is 2. The van der Waals surface area contributed by atoms with E-state index in [2.05, 4.69) is 19.7 Å². The predicted octanol–water partition coefficient (Wildman–Crippen LogP) is 1.24. The summed E-state index contributed by atoms with van der Waals surface area (Å²) in [6, 6.07) is 0. The molecule has 0 saturated heterocycles. The highest BCUT2D eigenvalue weighted by atomic mass is 28.4. The van der Waals surface area contributed by atoms with Gasteiger partial charge in [0.15, 0.2) is 0 Å². The van der Waals surface area contributed by atoms with E-state index in [0.717, 1.165) is 12.2 Å². The van der Waals surface area contributed by atoms with E-state index < -0.39 is 20.5 Å². The van der Waals surface area contributed by atoms with Crippen molar-refractivity contribution in [2.24, 2.45) is 0 Å². The number of carbonyl (C=O) groups excluding carboxylic acids is 2. The lowest BCUT2D eigenvalue weighted by Gasteiger charge is -2.20. The van der Waals surface area contributed by atoms with Crippen LogP contribution < -0.4 is 0 Å². The average molecular weight is 212 g/mol. The molecule has 0 unspecified atom stereocenters. The molecule has 0 bridgehead atoms. The Hall–Kier alpha value is -1.62. The van der Waals surface area contributed by atoms with Crippen molar-refractivity contribution in [2.45, 2.75) is 6.55 Å². The van der Waals surface area contributed by atoms with Crippen LogP contribution in [0.4, 0.5) is 0 Å². The van der Waals surface area contributed by atoms with Crippen LogP contribution in [0.5, 0.6) is 0 Å². The van der Waals surface area contributed by atoms with Crippen molar-refractivity contribution in [3.05, 3.63) is 37.6 Å². The Bertz CT molecular complexity index is 261. The normalized spacial score (nSPS) is 9.79. The number of hydrogen-bond acceptors (Lipinski definition) is 4. The summed E-state index contributed by atoms with van der Waals surface area (Å²) < 4.78 is 9.76. The van der Waals surface area contributed by atoms with Gasteiger partial charge in [-0.2, -0.15) is 0 Å². The third kappa shape index (κ3) is 3.86. The highest BCUT2D eigenvalue weighted by Crippen LogP contribution is 2.09. The molecule has 0 aromatic rings. The van der Waals surface area contributed by atoms with Gasteiger partial charge in [-0.1, -0.05) is 13.2 Å². The molecule has 0 aliphatic heterocycles. The molecule has 5 heteroatoms. The molecule has 0 aliphatic carbocycles. The Morgan fingerprint density at radius 2 is 1.43 bits per heavy atom. The molecule has 0 aliphatic rings. The van der Waals surface area contributed by atoms with E-state index in [1.54, 1.807) is 0 Å². The summed E-state index contributed by atoms with van der Waals surface area (Å²) in [6.07, 6.45) is 1.99. The van der Waals surface area contributed by atoms with E-state index in [9.17, 15) is 9.59 Å². The Kier molecular flexibility index (Phi) is 4.58. The standard InChI is InChI=1S/C9H12O4Si/c1-5-8(10)12-14(4,7-3)13-9(11)6-2/h5-7H,1-3H2,4H3. The van der Waals surface area contributed by atoms with Crippen molar-refractivity contribution in [3.63, 3.8) is 0 Å². The fourth-order valence-electron chi connectivity index (χ4n) is 0.587. The molecule has 0 aromatic carbocycles. The van der Waals surface area contributed by atoms with Crippen molar-refractivity contribution in [1.29, 1.82) is 0 Å². The van der Waals surface area contributed by atoms with Crippen molar-refractivity contribution < 1.29 is 18.4 Å². The highest BCUT2D eigenvalue weighted by Gasteiger charge is 2.35. The van der Waals surface area contributed by atoms with Gasteiger partial charge in [-0.15, -0.1) is 6.58 Å². The van der Waals surface area contributed by atoms with Crippen LogP contribution in [-0.4, -0.2) is 20.5 Å². The molecule has 0 fully saturated rings. The van der Waals surface area contributed by atoms with Crippen LogP contribution in [0.1, 0.15) is 0 Å². The van der Waals surface area contributed by atoms with Crippen molar-refractivity contribution in [1.82, 2.24) is 0 Å². The molecule has 0 rings (SSSR count). The van der Waals surface area contributed by atoms with E-state index >= 15 is 0 Å². The maximum absolute atomic E-state index is 10.9. The summed E-state index contributed by atoms with van der Waals surface area (Å²) >= 11 is 0. The van der Waals surface area contributed by atoms with Crippen LogP contribution in [0.2, 0.25) is 6.55 Å². The van der Waals surface area contributed by atoms with E-state index in [1.165, 1.54) is 12.2 Å². The molecule has 4 nitrogen and oxygen atoms in total. The number of hydrogen-bond donors (Lipinski definition) is 0. The summed E-state index contributed by atoms with van der Waals surface area (Å²) in [5, 5.41) is 0. The van der Waals surface area contributed by atoms with Gasteiger partial charge in [0.2, 0.25) is 0 Å². The molecular weight excluding hydrogens is 200 g/mol. The van der Waals surface area contributed by atoms with Gasteiger partial charge in [0.05, 0.1) is 0 Å². The van der Waals surface area contributed by atoms with Gasteiger partial charge in [0.1, 0.15) is 0 Å². The molecule has 0 heterocycles. The highest BCUT2D eigenvalue weighted by molar-refractivity contribution is 6.74. The van der Waals surface area contributed by atoms with Gasteiger partial charge < -0.3 is 8.85 Å². The molecular formula is C9H12O4Si. The summed E-state index contributed by atoms with van der Waals surface area (Å²) in [4.78, 5) is 21.8. The molecule has 0 atom stereocenters. The zero-order valence-electron chi connectivity index (χ0n) is 7.99. The molecule has 0 aromatic heterocycles. The first kappa shape index (κ1) is 12.4. The smallest absolute Gasteiger partial charge is 0.479 e. The average Bonchev–Trinajstić information content (AvgIpc) is 2.17. The minimum Gasteiger partial charge on any atom is -0.479 e. The second-order valence-corrected chi connectivity index (χ2v) is 5.32. The van der Waals surface area contributed by atoms with Crippen molar-refractivity contribution >= 4 is 20.5 Å². The molecule has 0 saturated carbocycles. The second-order valence-electron chi connectivity index (χ2n) is 2.47. The maximum atomic E-state index is 10.9. The predicted molar refractivity (Wildman–Crippen MR) is 54.4 cm³/mol. The molecule has 14 heavy (non-hydrogen) atoms. The van der Waals surface area contributed by atoms with Crippen LogP contribution in [-0.2, 0) is 18.4 Å². The lowest BCUT2D eigenvalue weighted by Crippen LogP contribution is -2.40. The van der Waals surface area contributed by atoms with Crippen LogP contribution in [0, 0.1) is 0 Å². The fourth-order valence-corrected chi connectivity index (χ4v) is 1.76. The second kappa shape index (κ2) is 5.18. The zero-order valence-corrected chi connectivity index (χ0v) is 8.99. The maximum Gasteiger partial charge on any atom is 0.488 e. The first-order valence-corrected chi connectivity index (χ1v) is 6.21. The van der Waals surface area contributed by atoms with Gasteiger partial charge in [-0.05, 0) is 5.70 Å². The van der Waals surface area contributed by atoms with Crippen LogP contribution in [0.25, 0.3) is 0 Å². The fraction of sp³-hybridized carbons (Fsp3) is 0.111. The van der Waals surface area contributed by atoms with Crippen LogP contribution in [0.15, 0.2) is 37.6 Å². The quantitative estimate of drug-likeness (QED) is 0.508. The van der Waals surface area contributed by atoms with Crippen molar-refractivity contribution in [2.75, 3.05) is 0 Å². The van der Waals surface area contributed by atoms with E-state index in [-0.39, 0.29) is 0 Å². The Morgan fingerprint density at radius 1 is 1.07 bits per heavy atom. The Labute approximate surface area is 83.8 Å². The Balaban J connectivity index is 4.54. The van der Waals surface area contributed by atoms with Gasteiger partial charge in [0.25, 0.3) is 0 Å². The van der Waals surface area contributed by atoms with Gasteiger partial charge in [-0.25, -0.2) is 9.59 Å². The SMILES string of the molecule is C=CC(=O)O[Si](C)(C=C)OC(=O)C=C. The van der Waals surface area contributed by atoms with E-state index in [4.69, 9.17) is 8.85 Å². The summed E-state index contributed by atoms with van der Waals surface area (Å²) in [5.41, 5.74) is 1.33. The van der Waals surface area contributed by atoms with Gasteiger partial charge in [-0.3, -0.25) is 0 Å². The minimum atomic E-state index is -2.97. The summed E-state index contributed by atoms with van der Waals surface area (Å²) in [6.45, 7) is 11.4. The Morgan fingerprint density at radius 3 is 1.64 bits per heavy atom. The van der Waals surface area contributed by atoms with E-state index in [0.29, 0.717) is 0 Å². The van der Waals surface area contributed by atoms with Gasteiger partial charge in [0, 0.05) is 18.7 Å². The first-order valence-electron chi connectivity index (χ1n) is 3.82. The lowest BCUT2D eigenvalue weighted by molar-refractivity contribution is -0.135. The van der Waals surface area contributed by atoms with Crippen LogP contribution in [0.3, 0.4) is 0 Å². The lowest BCUT2D eigenvalue weighted by atomic mass is 10.7. The number of rotatable bonds is 5. The first-order chi connectivity index (χ1) is 6.47. The third-order valence-electron chi connectivity index (χ3n) is 1.31. The van der Waals surface area contributed by atoms with Crippen molar-refractivity contribution in [3.8, 4) is 0 Å². The molecule has 76 valence electrons. The summed E-state index contributed by atoms with van der Waals surface area (Å²) in [7, 11) is -2.97. The molecule has 0 radical (unpaired) electrons. The summed E-state index contributed by atoms with van der Waals surface area (Å²) in [5.74, 6) is -1.29. The molecule has 0 N–H and O–H groups in total. The van der Waals surface area contributed by atoms with Gasteiger partial charge >= 0.3 is 20.5 Å². The third-order valence-corrected chi connectivity index (χ3v) is 3.27. The van der Waals surface area contributed by atoms with E-state index in [1.807, 2.05) is 0 Å². The monoisotopic (exact) mass is 212 g/mol. The molecule has 0 amide bonds. The topological polar surface area (TPSA) is 52.6 Å². The largest absolute Gasteiger partial charge is 0.488 e. The zero-order chi connectivity index (χ0) is 11.2. The van der Waals surface area contributed by atoms with Crippen LogP contribution >= 0.6 is 0 Å². The minimum absolute atomic E-state index is 0.643. The molecule has 0 spiro atoms.